The molecule has 4 rings (SSSR count). The lowest BCUT2D eigenvalue weighted by atomic mass is 9.94. The molecule has 36 heavy (non-hydrogen) atoms. The average Bonchev–Trinajstić information content (AvgIpc) is 3.13. The topological polar surface area (TPSA) is 79.3 Å². The molecule has 2 fully saturated rings. The number of aryl methyl sites for hydroxylation is 2. The second kappa shape index (κ2) is 11.7. The molecule has 1 atom stereocenters. The zero-order chi connectivity index (χ0) is 25.7. The van der Waals surface area contributed by atoms with Crippen LogP contribution >= 0.6 is 0 Å². The van der Waals surface area contributed by atoms with Gasteiger partial charge in [0.25, 0.3) is 11.7 Å². The number of aliphatic hydroxyl groups excluding tert-OH is 1. The summed E-state index contributed by atoms with van der Waals surface area (Å²) in [5.41, 5.74) is 3.39. The predicted molar refractivity (Wildman–Crippen MR) is 139 cm³/mol. The zero-order valence-electron chi connectivity index (χ0n) is 21.5. The van der Waals surface area contributed by atoms with E-state index in [0.717, 1.165) is 68.1 Å². The number of morpholine rings is 1. The average molecular weight is 493 g/mol. The van der Waals surface area contributed by atoms with Crippen LogP contribution in [0.4, 0.5) is 0 Å². The third kappa shape index (κ3) is 5.63. The highest BCUT2D eigenvalue weighted by molar-refractivity contribution is 6.46. The number of Topliss-reactive ketones (excluding diaryl/α,β-unsaturated/α-hetero) is 1. The van der Waals surface area contributed by atoms with Crippen molar-refractivity contribution in [3.63, 3.8) is 0 Å². The summed E-state index contributed by atoms with van der Waals surface area (Å²) in [5.74, 6) is -0.621. The number of ketones is 1. The number of benzene rings is 2. The van der Waals surface area contributed by atoms with Gasteiger partial charge in [0.2, 0.25) is 0 Å². The molecule has 2 aliphatic heterocycles. The largest absolute Gasteiger partial charge is 0.507 e. The van der Waals surface area contributed by atoms with Crippen LogP contribution in [0.25, 0.3) is 5.76 Å². The number of amides is 1. The van der Waals surface area contributed by atoms with Gasteiger partial charge in [-0.15, -0.1) is 0 Å². The summed E-state index contributed by atoms with van der Waals surface area (Å²) in [6.45, 7) is 11.0. The number of hydrogen-bond acceptors (Lipinski definition) is 6. The lowest BCUT2D eigenvalue weighted by Crippen LogP contribution is -2.38. The second-order valence-corrected chi connectivity index (χ2v) is 9.54. The Bertz CT molecular complexity index is 1120. The van der Waals surface area contributed by atoms with Crippen molar-refractivity contribution < 1.29 is 24.2 Å². The van der Waals surface area contributed by atoms with E-state index in [1.54, 1.807) is 23.1 Å². The molecule has 192 valence electrons. The molecule has 7 nitrogen and oxygen atoms in total. The molecule has 0 aromatic heterocycles. The second-order valence-electron chi connectivity index (χ2n) is 9.54. The van der Waals surface area contributed by atoms with E-state index >= 15 is 0 Å². The molecule has 7 heteroatoms. The molecule has 0 spiro atoms. The predicted octanol–water partition coefficient (Wildman–Crippen LogP) is 4.24. The van der Waals surface area contributed by atoms with E-state index in [0.29, 0.717) is 18.7 Å². The quantitative estimate of drug-likeness (QED) is 0.321. The Balaban J connectivity index is 1.66. The summed E-state index contributed by atoms with van der Waals surface area (Å²) in [6.07, 6.45) is 1.63. The molecule has 0 bridgehead atoms. The number of carbonyl (C=O) groups excluding carboxylic acids is 2. The van der Waals surface area contributed by atoms with Gasteiger partial charge in [-0.1, -0.05) is 36.8 Å². The minimum absolute atomic E-state index is 0.136. The summed E-state index contributed by atoms with van der Waals surface area (Å²) in [6, 6.07) is 12.5. The highest BCUT2D eigenvalue weighted by Gasteiger charge is 2.45. The molecule has 1 amide bonds. The fraction of sp³-hybridized carbons (Fsp3) is 0.448. The fourth-order valence-corrected chi connectivity index (χ4v) is 4.82. The first-order valence-corrected chi connectivity index (χ1v) is 12.8. The van der Waals surface area contributed by atoms with Crippen LogP contribution in [-0.2, 0) is 14.3 Å². The first-order valence-electron chi connectivity index (χ1n) is 12.8. The van der Waals surface area contributed by atoms with Crippen LogP contribution < -0.4 is 4.74 Å². The van der Waals surface area contributed by atoms with E-state index in [1.165, 1.54) is 0 Å². The molecule has 0 radical (unpaired) electrons. The van der Waals surface area contributed by atoms with Crippen molar-refractivity contribution in [1.29, 1.82) is 0 Å². The van der Waals surface area contributed by atoms with Crippen LogP contribution in [0.3, 0.4) is 0 Å². The van der Waals surface area contributed by atoms with E-state index < -0.39 is 17.7 Å². The van der Waals surface area contributed by atoms with Gasteiger partial charge >= 0.3 is 0 Å². The van der Waals surface area contributed by atoms with E-state index in [2.05, 4.69) is 4.90 Å². The molecule has 1 N–H and O–H groups in total. The molecular formula is C29H36N2O5. The number of rotatable bonds is 9. The molecule has 2 heterocycles. The maximum Gasteiger partial charge on any atom is 0.295 e. The van der Waals surface area contributed by atoms with Crippen molar-refractivity contribution in [2.45, 2.75) is 39.7 Å². The summed E-state index contributed by atoms with van der Waals surface area (Å²) in [5, 5.41) is 11.4. The van der Waals surface area contributed by atoms with Gasteiger partial charge in [-0.25, -0.2) is 0 Å². The Kier molecular flexibility index (Phi) is 8.44. The molecule has 2 aliphatic rings. The van der Waals surface area contributed by atoms with Crippen LogP contribution in [0.15, 0.2) is 48.0 Å². The van der Waals surface area contributed by atoms with Crippen LogP contribution in [0.5, 0.6) is 5.75 Å². The van der Waals surface area contributed by atoms with E-state index in [4.69, 9.17) is 9.47 Å². The highest BCUT2D eigenvalue weighted by atomic mass is 16.5. The van der Waals surface area contributed by atoms with Gasteiger partial charge in [-0.3, -0.25) is 14.5 Å². The van der Waals surface area contributed by atoms with Gasteiger partial charge in [0, 0.05) is 31.7 Å². The number of nitrogens with zero attached hydrogens (tertiary/aromatic N) is 2. The minimum atomic E-state index is -0.645. The van der Waals surface area contributed by atoms with Crippen LogP contribution in [-0.4, -0.2) is 72.6 Å². The monoisotopic (exact) mass is 492 g/mol. The van der Waals surface area contributed by atoms with Crippen LogP contribution in [0.2, 0.25) is 0 Å². The number of carbonyl (C=O) groups is 2. The standard InChI is InChI=1S/C29H36N2O5/c1-4-16-36-24-11-10-23(19-21(24)3)27(32)25-26(22-8-6-20(2)7-9-22)31(29(34)28(25)33)13-5-12-30-14-17-35-18-15-30/h6-11,19,26,32H,4-5,12-18H2,1-3H3. The molecular weight excluding hydrogens is 456 g/mol. The SMILES string of the molecule is CCCOc1ccc(C(O)=C2C(=O)C(=O)N(CCCN3CCOCC3)C2c2ccc(C)cc2)cc1C. The Morgan fingerprint density at radius 2 is 1.78 bits per heavy atom. The Hall–Kier alpha value is -3.16. The van der Waals surface area contributed by atoms with Gasteiger partial charge in [0.05, 0.1) is 31.4 Å². The summed E-state index contributed by atoms with van der Waals surface area (Å²) in [4.78, 5) is 30.4. The lowest BCUT2D eigenvalue weighted by Gasteiger charge is -2.29. The summed E-state index contributed by atoms with van der Waals surface area (Å²) >= 11 is 0. The molecule has 2 aromatic rings. The van der Waals surface area contributed by atoms with E-state index in [1.807, 2.05) is 45.0 Å². The van der Waals surface area contributed by atoms with Crippen molar-refractivity contribution in [3.05, 3.63) is 70.3 Å². The molecule has 0 aliphatic carbocycles. The fourth-order valence-electron chi connectivity index (χ4n) is 4.82. The van der Waals surface area contributed by atoms with Gasteiger partial charge in [0.1, 0.15) is 11.5 Å². The van der Waals surface area contributed by atoms with Crippen molar-refractivity contribution in [3.8, 4) is 5.75 Å². The molecule has 2 aromatic carbocycles. The van der Waals surface area contributed by atoms with Crippen LogP contribution in [0.1, 0.15) is 48.1 Å². The Morgan fingerprint density at radius 1 is 1.06 bits per heavy atom. The number of ether oxygens (including phenoxy) is 2. The third-order valence-corrected chi connectivity index (χ3v) is 6.82. The normalized spacial score (nSPS) is 20.2. The molecule has 1 unspecified atom stereocenters. The van der Waals surface area contributed by atoms with Crippen molar-refractivity contribution in [2.24, 2.45) is 0 Å². The Labute approximate surface area is 213 Å². The van der Waals surface area contributed by atoms with Gasteiger partial charge < -0.3 is 19.5 Å². The van der Waals surface area contributed by atoms with Crippen LogP contribution in [0, 0.1) is 13.8 Å². The molecule has 2 saturated heterocycles. The smallest absolute Gasteiger partial charge is 0.295 e. The van der Waals surface area contributed by atoms with Crippen molar-refractivity contribution in [2.75, 3.05) is 46.0 Å². The summed E-state index contributed by atoms with van der Waals surface area (Å²) in [7, 11) is 0. The van der Waals surface area contributed by atoms with Gasteiger partial charge in [-0.05, 0) is 56.0 Å². The first-order chi connectivity index (χ1) is 17.4. The number of aliphatic hydroxyl groups is 1. The highest BCUT2D eigenvalue weighted by Crippen LogP contribution is 2.40. The number of likely N-dealkylation sites (tertiary alicyclic amines) is 1. The lowest BCUT2D eigenvalue weighted by molar-refractivity contribution is -0.140. The van der Waals surface area contributed by atoms with E-state index in [-0.39, 0.29) is 11.3 Å². The maximum absolute atomic E-state index is 13.3. The Morgan fingerprint density at radius 3 is 2.44 bits per heavy atom. The van der Waals surface area contributed by atoms with Crippen molar-refractivity contribution >= 4 is 17.4 Å². The molecule has 0 saturated carbocycles. The summed E-state index contributed by atoms with van der Waals surface area (Å²) < 4.78 is 11.2. The number of hydrogen-bond donors (Lipinski definition) is 1. The van der Waals surface area contributed by atoms with Gasteiger partial charge in [0.15, 0.2) is 0 Å². The van der Waals surface area contributed by atoms with Crippen molar-refractivity contribution in [1.82, 2.24) is 9.80 Å². The van der Waals surface area contributed by atoms with E-state index in [9.17, 15) is 14.7 Å². The first kappa shape index (κ1) is 25.9. The zero-order valence-corrected chi connectivity index (χ0v) is 21.5. The third-order valence-electron chi connectivity index (χ3n) is 6.82. The minimum Gasteiger partial charge on any atom is -0.507 e. The maximum atomic E-state index is 13.3. The van der Waals surface area contributed by atoms with Gasteiger partial charge in [-0.2, -0.15) is 0 Å².